The summed E-state index contributed by atoms with van der Waals surface area (Å²) in [5.74, 6) is 1.25. The van der Waals surface area contributed by atoms with Crippen molar-refractivity contribution in [1.29, 1.82) is 0 Å². The Morgan fingerprint density at radius 3 is 2.67 bits per heavy atom. The van der Waals surface area contributed by atoms with Gasteiger partial charge in [0, 0.05) is 11.8 Å². The summed E-state index contributed by atoms with van der Waals surface area (Å²) in [7, 11) is 3.18. The van der Waals surface area contributed by atoms with Crippen molar-refractivity contribution in [2.24, 2.45) is 0 Å². The van der Waals surface area contributed by atoms with E-state index in [4.69, 9.17) is 9.47 Å². The Morgan fingerprint density at radius 1 is 1.17 bits per heavy atom. The number of benzene rings is 1. The van der Waals surface area contributed by atoms with E-state index in [9.17, 15) is 5.11 Å². The fourth-order valence-electron chi connectivity index (χ4n) is 1.80. The van der Waals surface area contributed by atoms with Gasteiger partial charge in [0.15, 0.2) is 0 Å². The molecule has 0 fully saturated rings. The molecule has 1 heterocycles. The lowest BCUT2D eigenvalue weighted by Gasteiger charge is -2.10. The van der Waals surface area contributed by atoms with Crippen LogP contribution in [0.1, 0.15) is 5.56 Å². The van der Waals surface area contributed by atoms with Gasteiger partial charge in [-0.2, -0.15) is 0 Å². The van der Waals surface area contributed by atoms with Crippen LogP contribution in [0.3, 0.4) is 0 Å². The van der Waals surface area contributed by atoms with Crippen molar-refractivity contribution in [3.63, 3.8) is 0 Å². The molecule has 0 spiro atoms. The number of methoxy groups -OCH3 is 2. The zero-order valence-corrected chi connectivity index (χ0v) is 10.4. The van der Waals surface area contributed by atoms with Gasteiger partial charge in [-0.15, -0.1) is 0 Å². The summed E-state index contributed by atoms with van der Waals surface area (Å²) in [6, 6.07) is 9.34. The lowest BCUT2D eigenvalue weighted by atomic mass is 10.0. The Kier molecular flexibility index (Phi) is 3.79. The smallest absolute Gasteiger partial charge is 0.221 e. The second-order valence-corrected chi connectivity index (χ2v) is 3.79. The molecule has 18 heavy (non-hydrogen) atoms. The van der Waals surface area contributed by atoms with E-state index in [1.54, 1.807) is 26.5 Å². The van der Waals surface area contributed by atoms with Gasteiger partial charge in [-0.05, 0) is 41.5 Å². The third-order valence-corrected chi connectivity index (χ3v) is 2.66. The summed E-state index contributed by atoms with van der Waals surface area (Å²) >= 11 is 0. The topological polar surface area (TPSA) is 51.6 Å². The maximum absolute atomic E-state index is 9.25. The fourth-order valence-corrected chi connectivity index (χ4v) is 1.80. The SMILES string of the molecule is COc1cc(CO)cc(-c2cccnc2OC)c1. The van der Waals surface area contributed by atoms with Crippen molar-refractivity contribution >= 4 is 0 Å². The maximum Gasteiger partial charge on any atom is 0.221 e. The second kappa shape index (κ2) is 5.51. The molecule has 1 aromatic carbocycles. The Morgan fingerprint density at radius 2 is 2.00 bits per heavy atom. The Balaban J connectivity index is 2.55. The second-order valence-electron chi connectivity index (χ2n) is 3.79. The highest BCUT2D eigenvalue weighted by atomic mass is 16.5. The molecule has 0 aliphatic rings. The molecule has 0 atom stereocenters. The lowest BCUT2D eigenvalue weighted by Crippen LogP contribution is -1.93. The molecule has 1 N–H and O–H groups in total. The molecule has 4 nitrogen and oxygen atoms in total. The minimum absolute atomic E-state index is 0.0349. The Labute approximate surface area is 106 Å². The van der Waals surface area contributed by atoms with Gasteiger partial charge in [-0.3, -0.25) is 0 Å². The van der Waals surface area contributed by atoms with Crippen molar-refractivity contribution in [2.45, 2.75) is 6.61 Å². The lowest BCUT2D eigenvalue weighted by molar-refractivity contribution is 0.281. The van der Waals surface area contributed by atoms with E-state index < -0.39 is 0 Å². The van der Waals surface area contributed by atoms with Gasteiger partial charge in [0.25, 0.3) is 0 Å². The average molecular weight is 245 g/mol. The largest absolute Gasteiger partial charge is 0.497 e. The molecule has 2 rings (SSSR count). The fraction of sp³-hybridized carbons (Fsp3) is 0.214. The van der Waals surface area contributed by atoms with Crippen molar-refractivity contribution in [1.82, 2.24) is 4.98 Å². The predicted octanol–water partition coefficient (Wildman–Crippen LogP) is 2.26. The van der Waals surface area contributed by atoms with Crippen LogP contribution in [0, 0.1) is 0 Å². The summed E-state index contributed by atoms with van der Waals surface area (Å²) in [4.78, 5) is 4.16. The highest BCUT2D eigenvalue weighted by Gasteiger charge is 2.09. The van der Waals surface area contributed by atoms with Crippen LogP contribution < -0.4 is 9.47 Å². The van der Waals surface area contributed by atoms with Crippen molar-refractivity contribution in [3.05, 3.63) is 42.1 Å². The monoisotopic (exact) mass is 245 g/mol. The zero-order valence-electron chi connectivity index (χ0n) is 10.4. The quantitative estimate of drug-likeness (QED) is 0.897. The number of hydrogen-bond donors (Lipinski definition) is 1. The number of hydrogen-bond acceptors (Lipinski definition) is 4. The van der Waals surface area contributed by atoms with Gasteiger partial charge in [0.2, 0.25) is 5.88 Å². The number of aromatic nitrogens is 1. The van der Waals surface area contributed by atoms with Crippen LogP contribution in [0.5, 0.6) is 11.6 Å². The van der Waals surface area contributed by atoms with Gasteiger partial charge >= 0.3 is 0 Å². The van der Waals surface area contributed by atoms with E-state index in [1.165, 1.54) is 0 Å². The minimum Gasteiger partial charge on any atom is -0.497 e. The number of nitrogens with zero attached hydrogens (tertiary/aromatic N) is 1. The molecule has 0 bridgehead atoms. The van der Waals surface area contributed by atoms with Gasteiger partial charge in [0.1, 0.15) is 5.75 Å². The number of pyridine rings is 1. The summed E-state index contributed by atoms with van der Waals surface area (Å²) in [6.45, 7) is -0.0349. The van der Waals surface area contributed by atoms with Crippen LogP contribution in [0.15, 0.2) is 36.5 Å². The summed E-state index contributed by atoms with van der Waals surface area (Å²) < 4.78 is 10.5. The summed E-state index contributed by atoms with van der Waals surface area (Å²) in [5.41, 5.74) is 2.56. The molecule has 0 aliphatic carbocycles. The molecule has 0 aliphatic heterocycles. The predicted molar refractivity (Wildman–Crippen MR) is 68.7 cm³/mol. The van der Waals surface area contributed by atoms with Gasteiger partial charge < -0.3 is 14.6 Å². The molecule has 0 saturated heterocycles. The molecule has 94 valence electrons. The number of aliphatic hydroxyl groups is 1. The van der Waals surface area contributed by atoms with Crippen LogP contribution in [0.25, 0.3) is 11.1 Å². The first kappa shape index (κ1) is 12.4. The molecule has 2 aromatic rings. The Hall–Kier alpha value is -2.07. The van der Waals surface area contributed by atoms with E-state index in [0.717, 1.165) is 16.7 Å². The summed E-state index contributed by atoms with van der Waals surface area (Å²) in [5, 5.41) is 9.25. The van der Waals surface area contributed by atoms with Crippen LogP contribution in [-0.2, 0) is 6.61 Å². The van der Waals surface area contributed by atoms with Crippen LogP contribution in [-0.4, -0.2) is 24.3 Å². The molecule has 0 unspecified atom stereocenters. The summed E-state index contributed by atoms with van der Waals surface area (Å²) in [6.07, 6.45) is 1.68. The first-order valence-electron chi connectivity index (χ1n) is 5.56. The number of aliphatic hydroxyl groups excluding tert-OH is 1. The Bertz CT molecular complexity index is 518. The normalized spacial score (nSPS) is 10.2. The number of ether oxygens (including phenoxy) is 2. The van der Waals surface area contributed by atoms with Crippen molar-refractivity contribution < 1.29 is 14.6 Å². The van der Waals surface area contributed by atoms with Crippen LogP contribution >= 0.6 is 0 Å². The minimum atomic E-state index is -0.0349. The molecular formula is C14H15NO3. The van der Waals surface area contributed by atoms with Crippen LogP contribution in [0.2, 0.25) is 0 Å². The zero-order chi connectivity index (χ0) is 13.0. The molecule has 4 heteroatoms. The first-order chi connectivity index (χ1) is 8.78. The van der Waals surface area contributed by atoms with Crippen LogP contribution in [0.4, 0.5) is 0 Å². The van der Waals surface area contributed by atoms with E-state index in [0.29, 0.717) is 11.6 Å². The maximum atomic E-state index is 9.25. The molecule has 0 saturated carbocycles. The van der Waals surface area contributed by atoms with E-state index >= 15 is 0 Å². The highest BCUT2D eigenvalue weighted by molar-refractivity contribution is 5.70. The van der Waals surface area contributed by atoms with E-state index in [2.05, 4.69) is 4.98 Å². The van der Waals surface area contributed by atoms with Crippen molar-refractivity contribution in [2.75, 3.05) is 14.2 Å². The van der Waals surface area contributed by atoms with E-state index in [-0.39, 0.29) is 6.61 Å². The van der Waals surface area contributed by atoms with E-state index in [1.807, 2.05) is 24.3 Å². The third-order valence-electron chi connectivity index (χ3n) is 2.66. The highest BCUT2D eigenvalue weighted by Crippen LogP contribution is 2.31. The van der Waals surface area contributed by atoms with Gasteiger partial charge in [-0.25, -0.2) is 4.98 Å². The van der Waals surface area contributed by atoms with Crippen molar-refractivity contribution in [3.8, 4) is 22.8 Å². The standard InChI is InChI=1S/C14H15NO3/c1-17-12-7-10(9-16)6-11(8-12)13-4-3-5-15-14(13)18-2/h3-8,16H,9H2,1-2H3. The first-order valence-corrected chi connectivity index (χ1v) is 5.56. The molecular weight excluding hydrogens is 230 g/mol. The average Bonchev–Trinajstić information content (AvgIpc) is 2.46. The van der Waals surface area contributed by atoms with Gasteiger partial charge in [0.05, 0.1) is 20.8 Å². The molecule has 1 aromatic heterocycles. The number of rotatable bonds is 4. The third kappa shape index (κ3) is 2.43. The molecule has 0 amide bonds. The molecule has 0 radical (unpaired) electrons. The van der Waals surface area contributed by atoms with Gasteiger partial charge in [-0.1, -0.05) is 0 Å².